The zero-order chi connectivity index (χ0) is 5.91. The van der Waals surface area contributed by atoms with Crippen LogP contribution in [0.1, 0.15) is 0 Å². The Hall–Kier alpha value is 1.18. The molecule has 3 nitrogen and oxygen atoms in total. The summed E-state index contributed by atoms with van der Waals surface area (Å²) in [5.41, 5.74) is 0. The zero-order valence-electron chi connectivity index (χ0n) is 3.99. The van der Waals surface area contributed by atoms with Gasteiger partial charge in [-0.3, -0.25) is 8.96 Å². The van der Waals surface area contributed by atoms with E-state index < -0.39 is 14.3 Å². The summed E-state index contributed by atoms with van der Waals surface area (Å²) in [7, 11) is -4.17. The molecule has 0 atom stereocenters. The second-order valence-electron chi connectivity index (χ2n) is 0.926. The third kappa shape index (κ3) is 10.2. The van der Waals surface area contributed by atoms with E-state index >= 15 is 0 Å². The van der Waals surface area contributed by atoms with Crippen LogP contribution in [-0.4, -0.2) is 16.5 Å². The Morgan fingerprint density at radius 2 is 2.00 bits per heavy atom. The van der Waals surface area contributed by atoms with E-state index in [1.807, 2.05) is 0 Å². The van der Waals surface area contributed by atoms with Crippen molar-refractivity contribution in [1.29, 1.82) is 0 Å². The molecule has 0 aromatic rings. The van der Waals surface area contributed by atoms with Gasteiger partial charge in [-0.25, -0.2) is 0 Å². The standard InChI is InChI=1S/C2H5FO3P.Y/c3-1-2-7(4,5)6;/h2H,1H2,(H2,4,5,6);/q-1;. The van der Waals surface area contributed by atoms with Crippen molar-refractivity contribution >= 4 is 7.60 Å². The first kappa shape index (κ1) is 11.9. The molecule has 2 N–H and O–H groups in total. The Bertz CT molecular complexity index is 91.3. The molecule has 0 saturated carbocycles. The van der Waals surface area contributed by atoms with Crippen LogP contribution in [0.2, 0.25) is 0 Å². The van der Waals surface area contributed by atoms with Gasteiger partial charge in [0.05, 0.1) is 0 Å². The van der Waals surface area contributed by atoms with Gasteiger partial charge in [0, 0.05) is 32.7 Å². The van der Waals surface area contributed by atoms with E-state index in [9.17, 15) is 8.96 Å². The average Bonchev–Trinajstić information content (AvgIpc) is 1.30. The maximum absolute atomic E-state index is 10.9. The maximum atomic E-state index is 10.9. The summed E-state index contributed by atoms with van der Waals surface area (Å²) in [6.45, 7) is -1.08. The molecule has 0 aliphatic heterocycles. The Kier molecular flexibility index (Phi) is 7.46. The molecule has 0 unspecified atom stereocenters. The van der Waals surface area contributed by atoms with Gasteiger partial charge in [-0.2, -0.15) is 6.16 Å². The minimum absolute atomic E-state index is 0. The monoisotopic (exact) mass is 216 g/mol. The predicted molar refractivity (Wildman–Crippen MR) is 22.3 cm³/mol. The Morgan fingerprint density at radius 3 is 2.00 bits per heavy atom. The van der Waals surface area contributed by atoms with E-state index in [-0.39, 0.29) is 32.7 Å². The summed E-state index contributed by atoms with van der Waals surface area (Å²) < 4.78 is 20.6. The molecule has 0 aromatic heterocycles. The van der Waals surface area contributed by atoms with Gasteiger partial charge in [0.2, 0.25) is 0 Å². The summed E-state index contributed by atoms with van der Waals surface area (Å²) in [6.07, 6.45) is 0.312. The molecule has 1 radical (unpaired) electrons. The van der Waals surface area contributed by atoms with Crippen molar-refractivity contribution in [3.8, 4) is 0 Å². The second-order valence-corrected chi connectivity index (χ2v) is 2.47. The molecule has 47 valence electrons. The number of hydrogen-bond acceptors (Lipinski definition) is 1. The molecule has 0 aliphatic carbocycles. The van der Waals surface area contributed by atoms with Crippen LogP contribution < -0.4 is 0 Å². The van der Waals surface area contributed by atoms with Crippen molar-refractivity contribution < 1.29 is 51.5 Å². The Labute approximate surface area is 71.7 Å². The quantitative estimate of drug-likeness (QED) is 0.515. The molecule has 0 aromatic carbocycles. The topological polar surface area (TPSA) is 57.5 Å². The fourth-order valence-electron chi connectivity index (χ4n) is 0.0899. The van der Waals surface area contributed by atoms with Crippen molar-refractivity contribution in [2.24, 2.45) is 0 Å². The van der Waals surface area contributed by atoms with Crippen molar-refractivity contribution in [3.05, 3.63) is 6.16 Å². The molecular formula is C2H5FO3PY-. The molecule has 0 bridgehead atoms. The van der Waals surface area contributed by atoms with Crippen molar-refractivity contribution in [1.82, 2.24) is 0 Å². The average molecular weight is 216 g/mol. The van der Waals surface area contributed by atoms with Crippen LogP contribution in [-0.2, 0) is 37.3 Å². The smallest absolute Gasteiger partial charge is 0.184 e. The molecule has 0 heterocycles. The minimum Gasteiger partial charge on any atom is -0.347 e. The number of alkyl halides is 1. The fourth-order valence-corrected chi connectivity index (χ4v) is 0.270. The van der Waals surface area contributed by atoms with Gasteiger partial charge < -0.3 is 9.79 Å². The van der Waals surface area contributed by atoms with Gasteiger partial charge >= 0.3 is 0 Å². The van der Waals surface area contributed by atoms with Gasteiger partial charge in [0.25, 0.3) is 0 Å². The molecule has 8 heavy (non-hydrogen) atoms. The van der Waals surface area contributed by atoms with Crippen LogP contribution >= 0.6 is 7.60 Å². The minimum atomic E-state index is -4.17. The van der Waals surface area contributed by atoms with E-state index in [0.29, 0.717) is 6.16 Å². The molecule has 0 fully saturated rings. The summed E-state index contributed by atoms with van der Waals surface area (Å²) in [5.74, 6) is 0. The van der Waals surface area contributed by atoms with Crippen molar-refractivity contribution in [2.45, 2.75) is 0 Å². The van der Waals surface area contributed by atoms with Gasteiger partial charge in [-0.15, -0.1) is 0 Å². The van der Waals surface area contributed by atoms with Crippen LogP contribution in [0, 0.1) is 6.16 Å². The van der Waals surface area contributed by atoms with Gasteiger partial charge in [-0.05, 0) is 6.67 Å². The molecule has 0 aliphatic rings. The first-order valence-corrected chi connectivity index (χ1v) is 3.20. The third-order valence-electron chi connectivity index (χ3n) is 0.307. The third-order valence-corrected chi connectivity index (χ3v) is 0.921. The number of rotatable bonds is 2. The van der Waals surface area contributed by atoms with Crippen LogP contribution in [0.3, 0.4) is 0 Å². The van der Waals surface area contributed by atoms with Crippen LogP contribution in [0.15, 0.2) is 0 Å². The summed E-state index contributed by atoms with van der Waals surface area (Å²) in [5, 5.41) is 0. The van der Waals surface area contributed by atoms with Gasteiger partial charge in [0.1, 0.15) is 0 Å². The van der Waals surface area contributed by atoms with Gasteiger partial charge in [-0.1, -0.05) is 0 Å². The van der Waals surface area contributed by atoms with Crippen LogP contribution in [0.4, 0.5) is 4.39 Å². The van der Waals surface area contributed by atoms with E-state index in [0.717, 1.165) is 0 Å². The van der Waals surface area contributed by atoms with Crippen LogP contribution in [0.25, 0.3) is 0 Å². The first-order valence-electron chi connectivity index (χ1n) is 1.52. The Balaban J connectivity index is 0. The SMILES string of the molecule is O=P(O)(O)[CH-]CF.[Y]. The van der Waals surface area contributed by atoms with E-state index in [1.165, 1.54) is 0 Å². The van der Waals surface area contributed by atoms with E-state index in [4.69, 9.17) is 9.79 Å². The fraction of sp³-hybridized carbons (Fsp3) is 0.500. The largest absolute Gasteiger partial charge is 0.347 e. The van der Waals surface area contributed by atoms with Crippen molar-refractivity contribution in [3.63, 3.8) is 0 Å². The van der Waals surface area contributed by atoms with E-state index in [2.05, 4.69) is 0 Å². The first-order chi connectivity index (χ1) is 3.06. The predicted octanol–water partition coefficient (Wildman–Crippen LogP) is 0.293. The second kappa shape index (κ2) is 5.01. The number of hydrogen-bond donors (Lipinski definition) is 2. The van der Waals surface area contributed by atoms with E-state index in [1.54, 1.807) is 0 Å². The molecule has 0 spiro atoms. The summed E-state index contributed by atoms with van der Waals surface area (Å²) in [6, 6.07) is 0. The molecular weight excluding hydrogens is 211 g/mol. The molecule has 0 amide bonds. The molecule has 0 saturated heterocycles. The zero-order valence-corrected chi connectivity index (χ0v) is 7.72. The summed E-state index contributed by atoms with van der Waals surface area (Å²) in [4.78, 5) is 15.7. The Morgan fingerprint density at radius 1 is 1.62 bits per heavy atom. The molecule has 6 heteroatoms. The normalized spacial score (nSPS) is 10.4. The number of halogens is 1. The maximum Gasteiger partial charge on any atom is 0.184 e. The van der Waals surface area contributed by atoms with Gasteiger partial charge in [0.15, 0.2) is 7.60 Å². The summed E-state index contributed by atoms with van der Waals surface area (Å²) >= 11 is 0. The van der Waals surface area contributed by atoms with Crippen molar-refractivity contribution in [2.75, 3.05) is 6.67 Å². The van der Waals surface area contributed by atoms with Crippen LogP contribution in [0.5, 0.6) is 0 Å². The molecule has 0 rings (SSSR count).